The third-order valence-electron chi connectivity index (χ3n) is 0.127. The Hall–Kier alpha value is -0.710. The molecule has 2 N–H and O–H groups in total. The third kappa shape index (κ3) is 3.29. The minimum absolute atomic E-state index is 0.356. The Balaban J connectivity index is 3.05. The lowest BCUT2D eigenvalue weighted by atomic mass is 11.4. The van der Waals surface area contributed by atoms with Crippen LogP contribution in [0.3, 0.4) is 0 Å². The van der Waals surface area contributed by atoms with E-state index in [4.69, 9.17) is 4.91 Å². The van der Waals surface area contributed by atoms with Crippen molar-refractivity contribution >= 4 is 17.4 Å². The van der Waals surface area contributed by atoms with E-state index in [9.17, 15) is 0 Å². The summed E-state index contributed by atoms with van der Waals surface area (Å²) in [6.07, 6.45) is 0. The highest BCUT2D eigenvalue weighted by Crippen LogP contribution is 1.68. The van der Waals surface area contributed by atoms with Crippen LogP contribution in [0.25, 0.3) is 0 Å². The zero-order valence-electron chi connectivity index (χ0n) is 2.75. The van der Waals surface area contributed by atoms with E-state index in [1.807, 2.05) is 5.34 Å². The molecule has 0 spiro atoms. The molecule has 0 bridgehead atoms. The first-order chi connectivity index (χ1) is 2.77. The maximum Gasteiger partial charge on any atom is 0.290 e. The molecule has 0 saturated carbocycles. The van der Waals surface area contributed by atoms with Crippen LogP contribution in [0.4, 0.5) is 0 Å². The van der Waals surface area contributed by atoms with Gasteiger partial charge in [-0.1, -0.05) is 0 Å². The lowest BCUT2D eigenvalue weighted by molar-refractivity contribution is 0.326. The molecule has 0 aromatic carbocycles. The standard InChI is InChI=1S/CH2N2O2S/c2-1(6)5-3-4/h(H2,2,6). The van der Waals surface area contributed by atoms with Crippen molar-refractivity contribution in [2.24, 2.45) is 11.1 Å². The van der Waals surface area contributed by atoms with E-state index in [0.29, 0.717) is 0 Å². The van der Waals surface area contributed by atoms with Crippen LogP contribution in [-0.4, -0.2) is 5.17 Å². The Bertz CT molecular complexity index is 71.9. The summed E-state index contributed by atoms with van der Waals surface area (Å²) in [5.74, 6) is 0. The van der Waals surface area contributed by atoms with Crippen LogP contribution in [-0.2, 0) is 4.84 Å². The average Bonchev–Trinajstić information content (AvgIpc) is 1.35. The van der Waals surface area contributed by atoms with Gasteiger partial charge in [-0.25, -0.2) is 0 Å². The van der Waals surface area contributed by atoms with Crippen molar-refractivity contribution in [2.75, 3.05) is 0 Å². The highest BCUT2D eigenvalue weighted by molar-refractivity contribution is 7.79. The van der Waals surface area contributed by atoms with Gasteiger partial charge in [0, 0.05) is 0 Å². The molecule has 0 atom stereocenters. The van der Waals surface area contributed by atoms with Gasteiger partial charge in [0.2, 0.25) is 0 Å². The van der Waals surface area contributed by atoms with Gasteiger partial charge in [-0.05, 0) is 12.2 Å². The van der Waals surface area contributed by atoms with Gasteiger partial charge in [0.15, 0.2) is 5.34 Å². The van der Waals surface area contributed by atoms with Crippen molar-refractivity contribution in [1.29, 1.82) is 0 Å². The van der Waals surface area contributed by atoms with E-state index in [0.717, 1.165) is 0 Å². The number of hydrogen-bond acceptors (Lipinski definition) is 4. The number of thiocarbonyl (C=S) groups is 1. The first-order valence-corrected chi connectivity index (χ1v) is 1.47. The van der Waals surface area contributed by atoms with Gasteiger partial charge in [-0.15, -0.1) is 4.91 Å². The molecular formula is CH2N2O2S. The molecule has 0 aliphatic carbocycles. The van der Waals surface area contributed by atoms with Gasteiger partial charge < -0.3 is 5.73 Å². The largest absolute Gasteiger partial charge is 0.358 e. The summed E-state index contributed by atoms with van der Waals surface area (Å²) < 4.78 is 0. The quantitative estimate of drug-likeness (QED) is 0.288. The molecule has 0 heterocycles. The van der Waals surface area contributed by atoms with Crippen molar-refractivity contribution in [3.8, 4) is 0 Å². The molecule has 0 unspecified atom stereocenters. The SMILES string of the molecule is NC(=S)ON=O. The molecule has 4 nitrogen and oxygen atoms in total. The van der Waals surface area contributed by atoms with E-state index in [1.165, 1.54) is 0 Å². The molecule has 0 amide bonds. The highest BCUT2D eigenvalue weighted by Gasteiger charge is 1.78. The number of rotatable bonds is 1. The predicted molar refractivity (Wildman–Crippen MR) is 23.7 cm³/mol. The Morgan fingerprint density at radius 2 is 2.50 bits per heavy atom. The fourth-order valence-corrected chi connectivity index (χ4v) is 0.0672. The van der Waals surface area contributed by atoms with Crippen molar-refractivity contribution in [2.45, 2.75) is 0 Å². The minimum atomic E-state index is -0.356. The molecule has 0 aliphatic rings. The third-order valence-corrected chi connectivity index (χ3v) is 0.202. The van der Waals surface area contributed by atoms with Crippen LogP contribution in [0.2, 0.25) is 0 Å². The summed E-state index contributed by atoms with van der Waals surface area (Å²) in [7, 11) is 0. The summed E-state index contributed by atoms with van der Waals surface area (Å²) in [5.41, 5.74) is 4.62. The number of hydrogen-bond donors (Lipinski definition) is 1. The van der Waals surface area contributed by atoms with Gasteiger partial charge >= 0.3 is 0 Å². The lowest BCUT2D eigenvalue weighted by Crippen LogP contribution is -2.07. The second kappa shape index (κ2) is 2.52. The normalized spacial score (nSPS) is 6.67. The molecule has 5 heteroatoms. The van der Waals surface area contributed by atoms with Crippen LogP contribution < -0.4 is 5.73 Å². The molecular weight excluding hydrogens is 104 g/mol. The Morgan fingerprint density at radius 1 is 2.00 bits per heavy atom. The van der Waals surface area contributed by atoms with Gasteiger partial charge in [0.1, 0.15) is 0 Å². The predicted octanol–water partition coefficient (Wildman–Crippen LogP) is -0.0720. The molecule has 0 aromatic heterocycles. The first-order valence-electron chi connectivity index (χ1n) is 1.06. The lowest BCUT2D eigenvalue weighted by Gasteiger charge is -1.79. The zero-order chi connectivity index (χ0) is 4.99. The van der Waals surface area contributed by atoms with Crippen LogP contribution in [0.15, 0.2) is 5.34 Å². The molecule has 6 heavy (non-hydrogen) atoms. The molecule has 34 valence electrons. The van der Waals surface area contributed by atoms with E-state index in [1.54, 1.807) is 0 Å². The fourth-order valence-electron chi connectivity index (χ4n) is 0.0367. The van der Waals surface area contributed by atoms with Crippen molar-refractivity contribution in [3.05, 3.63) is 4.91 Å². The maximum atomic E-state index is 8.98. The molecule has 0 saturated heterocycles. The summed E-state index contributed by atoms with van der Waals surface area (Å²) in [5, 5.41) is 1.56. The second-order valence-corrected chi connectivity index (χ2v) is 0.887. The van der Waals surface area contributed by atoms with Gasteiger partial charge in [0.05, 0.1) is 0 Å². The minimum Gasteiger partial charge on any atom is -0.358 e. The van der Waals surface area contributed by atoms with Gasteiger partial charge in [0.25, 0.3) is 5.17 Å². The Kier molecular flexibility index (Phi) is 2.22. The Morgan fingerprint density at radius 3 is 2.50 bits per heavy atom. The molecule has 0 aromatic rings. The molecule has 0 aliphatic heterocycles. The summed E-state index contributed by atoms with van der Waals surface area (Å²) >= 11 is 4.06. The summed E-state index contributed by atoms with van der Waals surface area (Å²) in [6, 6.07) is 0. The zero-order valence-corrected chi connectivity index (χ0v) is 3.57. The Labute approximate surface area is 39.2 Å². The molecule has 0 rings (SSSR count). The summed E-state index contributed by atoms with van der Waals surface area (Å²) in [4.78, 5) is 12.6. The first kappa shape index (κ1) is 5.29. The van der Waals surface area contributed by atoms with Crippen LogP contribution >= 0.6 is 12.2 Å². The number of nitrogens with zero attached hydrogens (tertiary/aromatic N) is 1. The highest BCUT2D eigenvalue weighted by atomic mass is 32.1. The second-order valence-electron chi connectivity index (χ2n) is 0.485. The summed E-state index contributed by atoms with van der Waals surface area (Å²) in [6.45, 7) is 0. The molecule has 0 radical (unpaired) electrons. The van der Waals surface area contributed by atoms with Gasteiger partial charge in [-0.3, -0.25) is 4.84 Å². The van der Waals surface area contributed by atoms with Crippen molar-refractivity contribution < 1.29 is 4.84 Å². The van der Waals surface area contributed by atoms with Crippen molar-refractivity contribution in [1.82, 2.24) is 0 Å². The number of nitrogens with two attached hydrogens (primary N) is 1. The monoisotopic (exact) mass is 106 g/mol. The van der Waals surface area contributed by atoms with Crippen LogP contribution in [0.5, 0.6) is 0 Å². The maximum absolute atomic E-state index is 8.98. The van der Waals surface area contributed by atoms with E-state index in [2.05, 4.69) is 22.8 Å². The molecule has 0 fully saturated rings. The van der Waals surface area contributed by atoms with Crippen LogP contribution in [0, 0.1) is 4.91 Å². The van der Waals surface area contributed by atoms with Gasteiger partial charge in [-0.2, -0.15) is 0 Å². The smallest absolute Gasteiger partial charge is 0.290 e. The fraction of sp³-hybridized carbons (Fsp3) is 0. The van der Waals surface area contributed by atoms with E-state index in [-0.39, 0.29) is 5.17 Å². The van der Waals surface area contributed by atoms with E-state index >= 15 is 0 Å². The average molecular weight is 106 g/mol. The van der Waals surface area contributed by atoms with Crippen LogP contribution in [0.1, 0.15) is 0 Å². The topological polar surface area (TPSA) is 64.7 Å². The van der Waals surface area contributed by atoms with E-state index < -0.39 is 0 Å². The van der Waals surface area contributed by atoms with Crippen molar-refractivity contribution in [3.63, 3.8) is 0 Å².